The van der Waals surface area contributed by atoms with Crippen molar-refractivity contribution < 1.29 is 8.78 Å². The van der Waals surface area contributed by atoms with Gasteiger partial charge in [-0.05, 0) is 0 Å². The Morgan fingerprint density at radius 3 is 2.00 bits per heavy atom. The monoisotopic (exact) mass is 209 g/mol. The van der Waals surface area contributed by atoms with Crippen molar-refractivity contribution in [2.24, 2.45) is 0 Å². The molecule has 0 aromatic carbocycles. The number of nitrogens with one attached hydrogen (secondary N) is 1. The Morgan fingerprint density at radius 1 is 1.62 bits per heavy atom. The van der Waals surface area contributed by atoms with Crippen molar-refractivity contribution in [1.29, 1.82) is 0 Å². The molecule has 0 spiro atoms. The Morgan fingerprint density at radius 2 is 2.00 bits per heavy atom. The predicted molar refractivity (Wildman–Crippen MR) is 34.5 cm³/mol. The van der Waals surface area contributed by atoms with Gasteiger partial charge in [-0.25, -0.2) is 0 Å². The Hall–Kier alpha value is 0.590. The molecular weight excluding hydrogens is 203 g/mol. The summed E-state index contributed by atoms with van der Waals surface area (Å²) in [6.07, 6.45) is -0.196. The van der Waals surface area contributed by atoms with Crippen molar-refractivity contribution in [1.82, 2.24) is 4.34 Å². The second-order valence-electron chi connectivity index (χ2n) is 1.15. The van der Waals surface area contributed by atoms with Crippen LogP contribution in [0, 0.1) is 0 Å². The van der Waals surface area contributed by atoms with E-state index in [0.29, 0.717) is 0 Å². The summed E-state index contributed by atoms with van der Waals surface area (Å²) in [5.74, 6) is 0. The highest BCUT2D eigenvalue weighted by atomic mass is 79.9. The summed E-state index contributed by atoms with van der Waals surface area (Å²) in [4.78, 5) is 0. The van der Waals surface area contributed by atoms with Crippen LogP contribution in [0.4, 0.5) is 8.78 Å². The fourth-order valence-corrected chi connectivity index (χ4v) is 0.347. The molecule has 0 unspecified atom stereocenters. The van der Waals surface area contributed by atoms with E-state index in [9.17, 15) is 8.78 Å². The van der Waals surface area contributed by atoms with E-state index in [1.54, 1.807) is 4.34 Å². The van der Waals surface area contributed by atoms with Gasteiger partial charge in [0.1, 0.15) is 0 Å². The summed E-state index contributed by atoms with van der Waals surface area (Å²) in [7, 11) is 0. The molecule has 0 bridgehead atoms. The van der Waals surface area contributed by atoms with Crippen molar-refractivity contribution in [3.8, 4) is 0 Å². The standard InChI is InChI=1S/C3H6BrF2N.ClH/c1-2-3(5,6)7-4;/h7H,2H2,1H3;1H. The average Bonchev–Trinajstić information content (AvgIpc) is 1.68. The van der Waals surface area contributed by atoms with E-state index in [-0.39, 0.29) is 18.8 Å². The number of halogens is 4. The van der Waals surface area contributed by atoms with Crippen LogP contribution in [0.1, 0.15) is 13.3 Å². The minimum Gasteiger partial charge on any atom is -0.195 e. The first-order valence-electron chi connectivity index (χ1n) is 1.88. The van der Waals surface area contributed by atoms with Crippen LogP contribution < -0.4 is 4.34 Å². The summed E-state index contributed by atoms with van der Waals surface area (Å²) < 4.78 is 25.1. The molecule has 0 rings (SSSR count). The Labute approximate surface area is 61.6 Å². The van der Waals surface area contributed by atoms with Crippen molar-refractivity contribution >= 4 is 28.6 Å². The van der Waals surface area contributed by atoms with Gasteiger partial charge in [0, 0.05) is 22.6 Å². The van der Waals surface area contributed by atoms with E-state index >= 15 is 0 Å². The van der Waals surface area contributed by atoms with E-state index in [4.69, 9.17) is 0 Å². The molecule has 0 aromatic rings. The molecule has 0 saturated carbocycles. The fourth-order valence-electron chi connectivity index (χ4n) is 0.0668. The molecule has 0 amide bonds. The summed E-state index contributed by atoms with van der Waals surface area (Å²) in [5, 5.41) is 0. The number of rotatable bonds is 2. The van der Waals surface area contributed by atoms with Crippen molar-refractivity contribution in [2.45, 2.75) is 19.4 Å². The maximum atomic E-state index is 11.7. The van der Waals surface area contributed by atoms with Crippen molar-refractivity contribution in [3.05, 3.63) is 0 Å². The van der Waals surface area contributed by atoms with Crippen LogP contribution in [0.15, 0.2) is 0 Å². The number of hydrogen-bond acceptors (Lipinski definition) is 1. The lowest BCUT2D eigenvalue weighted by atomic mass is 10.4. The lowest BCUT2D eigenvalue weighted by Crippen LogP contribution is -2.26. The highest BCUT2D eigenvalue weighted by Crippen LogP contribution is 2.13. The van der Waals surface area contributed by atoms with Gasteiger partial charge in [0.25, 0.3) is 0 Å². The topological polar surface area (TPSA) is 12.0 Å². The molecule has 0 aliphatic rings. The molecule has 1 nitrogen and oxygen atoms in total. The van der Waals surface area contributed by atoms with Crippen LogP contribution in [0.25, 0.3) is 0 Å². The summed E-state index contributed by atoms with van der Waals surface area (Å²) in [6.45, 7) is 1.40. The molecule has 5 heteroatoms. The molecule has 0 radical (unpaired) electrons. The lowest BCUT2D eigenvalue weighted by Gasteiger charge is -2.08. The van der Waals surface area contributed by atoms with Gasteiger partial charge in [0.05, 0.1) is 0 Å². The third kappa shape index (κ3) is 4.74. The smallest absolute Gasteiger partial charge is 0.195 e. The molecule has 0 atom stereocenters. The molecular formula is C3H7BrClF2N. The lowest BCUT2D eigenvalue weighted by molar-refractivity contribution is -0.00957. The van der Waals surface area contributed by atoms with E-state index in [2.05, 4.69) is 16.1 Å². The quantitative estimate of drug-likeness (QED) is 0.545. The van der Waals surface area contributed by atoms with Gasteiger partial charge in [-0.3, -0.25) is 0 Å². The Bertz CT molecular complexity index is 55.2. The van der Waals surface area contributed by atoms with Gasteiger partial charge < -0.3 is 0 Å². The van der Waals surface area contributed by atoms with Crippen LogP contribution in [0.5, 0.6) is 0 Å². The summed E-state index contributed by atoms with van der Waals surface area (Å²) in [6, 6.07) is -2.75. The van der Waals surface area contributed by atoms with E-state index in [0.717, 1.165) is 0 Å². The predicted octanol–water partition coefficient (Wildman–Crippen LogP) is 2.31. The average molecular weight is 210 g/mol. The van der Waals surface area contributed by atoms with Crippen molar-refractivity contribution in [2.75, 3.05) is 0 Å². The molecule has 8 heavy (non-hydrogen) atoms. The molecule has 0 saturated heterocycles. The molecule has 0 heterocycles. The third-order valence-corrected chi connectivity index (χ3v) is 1.16. The molecule has 0 aliphatic heterocycles. The second-order valence-corrected chi connectivity index (χ2v) is 1.55. The Kier molecular flexibility index (Phi) is 6.36. The Balaban J connectivity index is 0. The highest BCUT2D eigenvalue weighted by Gasteiger charge is 2.22. The maximum Gasteiger partial charge on any atom is 0.311 e. The minimum atomic E-state index is -2.75. The largest absolute Gasteiger partial charge is 0.311 e. The van der Waals surface area contributed by atoms with Crippen molar-refractivity contribution in [3.63, 3.8) is 0 Å². The number of alkyl halides is 2. The van der Waals surface area contributed by atoms with Crippen LogP contribution in [0.3, 0.4) is 0 Å². The molecule has 0 aromatic heterocycles. The fraction of sp³-hybridized carbons (Fsp3) is 1.00. The third-order valence-electron chi connectivity index (χ3n) is 0.582. The van der Waals surface area contributed by atoms with Crippen LogP contribution in [-0.4, -0.2) is 6.05 Å². The zero-order valence-corrected chi connectivity index (χ0v) is 6.65. The first kappa shape index (κ1) is 11.4. The minimum absolute atomic E-state index is 0. The van der Waals surface area contributed by atoms with Crippen LogP contribution >= 0.6 is 28.6 Å². The van der Waals surface area contributed by atoms with E-state index in [1.165, 1.54) is 6.92 Å². The van der Waals surface area contributed by atoms with Gasteiger partial charge in [-0.15, -0.1) is 12.4 Å². The van der Waals surface area contributed by atoms with Gasteiger partial charge >= 0.3 is 6.05 Å². The molecule has 1 N–H and O–H groups in total. The molecule has 52 valence electrons. The second kappa shape index (κ2) is 4.47. The number of hydrogen-bond donors (Lipinski definition) is 1. The SMILES string of the molecule is CCC(F)(F)NBr.Cl. The first-order valence-corrected chi connectivity index (χ1v) is 2.67. The molecule has 0 fully saturated rings. The zero-order valence-electron chi connectivity index (χ0n) is 4.25. The van der Waals surface area contributed by atoms with Gasteiger partial charge in [0.15, 0.2) is 0 Å². The summed E-state index contributed by atoms with van der Waals surface area (Å²) in [5.41, 5.74) is 0. The zero-order chi connectivity index (χ0) is 5.91. The first-order chi connectivity index (χ1) is 3.12. The summed E-state index contributed by atoms with van der Waals surface area (Å²) >= 11 is 2.43. The van der Waals surface area contributed by atoms with E-state index < -0.39 is 6.05 Å². The van der Waals surface area contributed by atoms with Gasteiger partial charge in [-0.1, -0.05) is 6.92 Å². The van der Waals surface area contributed by atoms with Gasteiger partial charge in [0.2, 0.25) is 0 Å². The highest BCUT2D eigenvalue weighted by molar-refractivity contribution is 9.08. The van der Waals surface area contributed by atoms with Gasteiger partial charge in [-0.2, -0.15) is 13.1 Å². The van der Waals surface area contributed by atoms with E-state index in [1.807, 2.05) is 0 Å². The van der Waals surface area contributed by atoms with Crippen LogP contribution in [0.2, 0.25) is 0 Å². The normalized spacial score (nSPS) is 10.5. The molecule has 0 aliphatic carbocycles. The maximum absolute atomic E-state index is 11.7. The van der Waals surface area contributed by atoms with Crippen LogP contribution in [-0.2, 0) is 0 Å².